The number of thiophene rings is 1. The molecule has 0 bridgehead atoms. The molecule has 6 nitrogen and oxygen atoms in total. The molecule has 0 unspecified atom stereocenters. The van der Waals surface area contributed by atoms with E-state index in [0.29, 0.717) is 24.8 Å². The Morgan fingerprint density at radius 1 is 0.935 bits per heavy atom. The van der Waals surface area contributed by atoms with E-state index in [-0.39, 0.29) is 0 Å². The molecule has 0 amide bonds. The lowest BCUT2D eigenvalue weighted by Crippen LogP contribution is -2.01. The fourth-order valence-electron chi connectivity index (χ4n) is 3.39. The van der Waals surface area contributed by atoms with Crippen molar-refractivity contribution in [2.75, 3.05) is 25.6 Å². The van der Waals surface area contributed by atoms with Gasteiger partial charge in [-0.25, -0.2) is 9.97 Å². The van der Waals surface area contributed by atoms with Gasteiger partial charge in [-0.1, -0.05) is 12.1 Å². The number of benzene rings is 2. The fourth-order valence-corrected chi connectivity index (χ4v) is 4.38. The number of fused-ring (bicyclic) bond motifs is 1. The summed E-state index contributed by atoms with van der Waals surface area (Å²) >= 11 is 1.61. The van der Waals surface area contributed by atoms with Gasteiger partial charge in [-0.2, -0.15) is 0 Å². The molecule has 0 fully saturated rings. The zero-order chi connectivity index (χ0) is 21.8. The number of aryl methyl sites for hydroxylation is 1. The van der Waals surface area contributed by atoms with Gasteiger partial charge in [0.1, 0.15) is 22.2 Å². The van der Waals surface area contributed by atoms with Gasteiger partial charge in [0.15, 0.2) is 11.5 Å². The molecule has 2 aromatic carbocycles. The molecule has 4 aromatic rings. The average Bonchev–Trinajstić information content (AvgIpc) is 3.20. The molecular formula is C24H25N3O3S. The summed E-state index contributed by atoms with van der Waals surface area (Å²) in [6, 6.07) is 13.8. The second kappa shape index (κ2) is 9.22. The normalized spacial score (nSPS) is 10.8. The lowest BCUT2D eigenvalue weighted by molar-refractivity contribution is 0.288. The number of anilines is 2. The number of aromatic nitrogens is 2. The van der Waals surface area contributed by atoms with Crippen LogP contribution in [0.4, 0.5) is 11.5 Å². The van der Waals surface area contributed by atoms with Crippen LogP contribution in [0.1, 0.15) is 19.7 Å². The highest BCUT2D eigenvalue weighted by Gasteiger charge is 2.16. The highest BCUT2D eigenvalue weighted by Crippen LogP contribution is 2.39. The van der Waals surface area contributed by atoms with Crippen molar-refractivity contribution in [1.29, 1.82) is 0 Å². The van der Waals surface area contributed by atoms with Crippen LogP contribution in [-0.4, -0.2) is 30.3 Å². The highest BCUT2D eigenvalue weighted by atomic mass is 32.1. The molecule has 31 heavy (non-hydrogen) atoms. The predicted octanol–water partition coefficient (Wildman–Crippen LogP) is 6.22. The molecule has 4 rings (SSSR count). The molecule has 0 aliphatic heterocycles. The van der Waals surface area contributed by atoms with Gasteiger partial charge in [0.05, 0.1) is 25.7 Å². The van der Waals surface area contributed by atoms with E-state index in [2.05, 4.69) is 15.7 Å². The summed E-state index contributed by atoms with van der Waals surface area (Å²) in [5.74, 6) is 3.74. The topological polar surface area (TPSA) is 65.5 Å². The maximum atomic E-state index is 5.77. The summed E-state index contributed by atoms with van der Waals surface area (Å²) in [7, 11) is 1.67. The number of rotatable bonds is 8. The van der Waals surface area contributed by atoms with Crippen LogP contribution in [0, 0.1) is 6.92 Å². The summed E-state index contributed by atoms with van der Waals surface area (Å²) in [6.07, 6.45) is 0. The number of ether oxygens (including phenoxy) is 3. The largest absolute Gasteiger partial charge is 0.497 e. The Labute approximate surface area is 185 Å². The van der Waals surface area contributed by atoms with E-state index in [9.17, 15) is 0 Å². The standard InChI is InChI=1S/C24H25N3O3S/c1-5-29-20-12-9-17(13-21(20)30-6-2)27-23-22-19(14-31-24(22)26-15(3)25-23)16-7-10-18(28-4)11-8-16/h7-14H,5-6H2,1-4H3,(H,25,26,27). The zero-order valence-electron chi connectivity index (χ0n) is 18.1. The molecule has 0 atom stereocenters. The lowest BCUT2D eigenvalue weighted by atomic mass is 10.1. The summed E-state index contributed by atoms with van der Waals surface area (Å²) in [5.41, 5.74) is 3.04. The highest BCUT2D eigenvalue weighted by molar-refractivity contribution is 7.17. The van der Waals surface area contributed by atoms with Gasteiger partial charge in [0, 0.05) is 22.7 Å². The molecule has 0 spiro atoms. The molecular weight excluding hydrogens is 410 g/mol. The van der Waals surface area contributed by atoms with E-state index in [4.69, 9.17) is 19.2 Å². The average molecular weight is 436 g/mol. The summed E-state index contributed by atoms with van der Waals surface area (Å²) in [5, 5.41) is 6.58. The number of methoxy groups -OCH3 is 1. The fraction of sp³-hybridized carbons (Fsp3) is 0.250. The van der Waals surface area contributed by atoms with Crippen molar-refractivity contribution >= 4 is 33.1 Å². The molecule has 160 valence electrons. The van der Waals surface area contributed by atoms with Crippen LogP contribution >= 0.6 is 11.3 Å². The van der Waals surface area contributed by atoms with Crippen molar-refractivity contribution in [3.63, 3.8) is 0 Å². The van der Waals surface area contributed by atoms with Crippen LogP contribution in [0.2, 0.25) is 0 Å². The van der Waals surface area contributed by atoms with Crippen molar-refractivity contribution in [3.8, 4) is 28.4 Å². The minimum atomic E-state index is 0.562. The van der Waals surface area contributed by atoms with Crippen molar-refractivity contribution in [2.45, 2.75) is 20.8 Å². The molecule has 2 heterocycles. The van der Waals surface area contributed by atoms with Crippen LogP contribution in [0.5, 0.6) is 17.2 Å². The predicted molar refractivity (Wildman–Crippen MR) is 126 cm³/mol. The Hall–Kier alpha value is -3.32. The Kier molecular flexibility index (Phi) is 6.23. The molecule has 1 N–H and O–H groups in total. The van der Waals surface area contributed by atoms with Crippen LogP contribution in [0.25, 0.3) is 21.3 Å². The van der Waals surface area contributed by atoms with Gasteiger partial charge in [0.25, 0.3) is 0 Å². The summed E-state index contributed by atoms with van der Waals surface area (Å²) in [6.45, 7) is 6.96. The summed E-state index contributed by atoms with van der Waals surface area (Å²) in [4.78, 5) is 10.3. The van der Waals surface area contributed by atoms with E-state index >= 15 is 0 Å². The van der Waals surface area contributed by atoms with Gasteiger partial charge < -0.3 is 19.5 Å². The third-order valence-electron chi connectivity index (χ3n) is 4.75. The monoisotopic (exact) mass is 435 g/mol. The van der Waals surface area contributed by atoms with Crippen LogP contribution < -0.4 is 19.5 Å². The number of nitrogens with one attached hydrogen (secondary N) is 1. The Bertz CT molecular complexity index is 1190. The Morgan fingerprint density at radius 2 is 1.68 bits per heavy atom. The van der Waals surface area contributed by atoms with Crippen LogP contribution in [0.15, 0.2) is 47.8 Å². The minimum absolute atomic E-state index is 0.562. The molecule has 0 saturated heterocycles. The van der Waals surface area contributed by atoms with E-state index in [1.807, 2.05) is 63.2 Å². The first-order valence-electron chi connectivity index (χ1n) is 10.2. The third kappa shape index (κ3) is 4.41. The number of hydrogen-bond acceptors (Lipinski definition) is 7. The molecule has 0 aliphatic rings. The van der Waals surface area contributed by atoms with E-state index in [0.717, 1.165) is 44.3 Å². The maximum Gasteiger partial charge on any atom is 0.163 e. The van der Waals surface area contributed by atoms with Gasteiger partial charge >= 0.3 is 0 Å². The number of hydrogen-bond donors (Lipinski definition) is 1. The smallest absolute Gasteiger partial charge is 0.163 e. The minimum Gasteiger partial charge on any atom is -0.497 e. The van der Waals surface area contributed by atoms with Crippen LogP contribution in [0.3, 0.4) is 0 Å². The van der Waals surface area contributed by atoms with E-state index < -0.39 is 0 Å². The molecule has 0 radical (unpaired) electrons. The second-order valence-electron chi connectivity index (χ2n) is 6.83. The first kappa shape index (κ1) is 20.9. The van der Waals surface area contributed by atoms with Crippen LogP contribution in [-0.2, 0) is 0 Å². The molecule has 7 heteroatoms. The number of nitrogens with zero attached hydrogens (tertiary/aromatic N) is 2. The first-order chi connectivity index (χ1) is 15.1. The molecule has 0 aliphatic carbocycles. The first-order valence-corrected chi connectivity index (χ1v) is 11.1. The molecule has 0 saturated carbocycles. The SMILES string of the molecule is CCOc1ccc(Nc2nc(C)nc3scc(-c4ccc(OC)cc4)c23)cc1OCC. The van der Waals surface area contributed by atoms with Gasteiger partial charge in [0.2, 0.25) is 0 Å². The zero-order valence-corrected chi connectivity index (χ0v) is 18.9. The third-order valence-corrected chi connectivity index (χ3v) is 5.62. The van der Waals surface area contributed by atoms with Crippen molar-refractivity contribution in [1.82, 2.24) is 9.97 Å². The van der Waals surface area contributed by atoms with Gasteiger partial charge in [-0.15, -0.1) is 11.3 Å². The molecule has 2 aromatic heterocycles. The lowest BCUT2D eigenvalue weighted by Gasteiger charge is -2.14. The maximum absolute atomic E-state index is 5.77. The van der Waals surface area contributed by atoms with Gasteiger partial charge in [-0.05, 0) is 50.6 Å². The van der Waals surface area contributed by atoms with E-state index in [1.165, 1.54) is 0 Å². The summed E-state index contributed by atoms with van der Waals surface area (Å²) < 4.78 is 16.7. The quantitative estimate of drug-likeness (QED) is 0.355. The van der Waals surface area contributed by atoms with Crippen molar-refractivity contribution < 1.29 is 14.2 Å². The van der Waals surface area contributed by atoms with E-state index in [1.54, 1.807) is 18.4 Å². The van der Waals surface area contributed by atoms with Crippen molar-refractivity contribution in [2.24, 2.45) is 0 Å². The Morgan fingerprint density at radius 3 is 2.39 bits per heavy atom. The Balaban J connectivity index is 1.76. The van der Waals surface area contributed by atoms with Crippen molar-refractivity contribution in [3.05, 3.63) is 53.7 Å². The van der Waals surface area contributed by atoms with Gasteiger partial charge in [-0.3, -0.25) is 0 Å². The second-order valence-corrected chi connectivity index (χ2v) is 7.69.